The highest BCUT2D eigenvalue weighted by Gasteiger charge is 2.23. The van der Waals surface area contributed by atoms with E-state index >= 15 is 0 Å². The molecule has 1 saturated heterocycles. The van der Waals surface area contributed by atoms with Gasteiger partial charge >= 0.3 is 0 Å². The van der Waals surface area contributed by atoms with Crippen molar-refractivity contribution in [2.45, 2.75) is 44.6 Å². The fourth-order valence-corrected chi connectivity index (χ4v) is 3.80. The van der Waals surface area contributed by atoms with E-state index in [2.05, 4.69) is 27.3 Å². The SMILES string of the molecule is COC1CCCN(C(=O)CCc2nnc(CCc3c[nH]c4ccccc34)o2)C1. The van der Waals surface area contributed by atoms with E-state index in [-0.39, 0.29) is 12.0 Å². The molecule has 0 bridgehead atoms. The lowest BCUT2D eigenvalue weighted by Crippen LogP contribution is -2.42. The number of benzene rings is 1. The second-order valence-corrected chi connectivity index (χ2v) is 7.29. The Hall–Kier alpha value is -2.67. The minimum Gasteiger partial charge on any atom is -0.425 e. The number of amides is 1. The van der Waals surface area contributed by atoms with Crippen LogP contribution in [0.2, 0.25) is 0 Å². The third-order valence-electron chi connectivity index (χ3n) is 5.41. The first-order chi connectivity index (χ1) is 13.7. The first-order valence-corrected chi connectivity index (χ1v) is 9.90. The molecule has 0 aliphatic carbocycles. The molecule has 0 spiro atoms. The summed E-state index contributed by atoms with van der Waals surface area (Å²) in [7, 11) is 1.70. The van der Waals surface area contributed by atoms with Crippen LogP contribution in [-0.4, -0.2) is 52.3 Å². The Morgan fingerprint density at radius 1 is 1.25 bits per heavy atom. The number of ether oxygens (including phenoxy) is 1. The fourth-order valence-electron chi connectivity index (χ4n) is 3.80. The number of carbonyl (C=O) groups is 1. The predicted octanol–water partition coefficient (Wildman–Crippen LogP) is 2.91. The number of nitrogens with zero attached hydrogens (tertiary/aromatic N) is 3. The standard InChI is InChI=1S/C21H26N4O3/c1-27-16-5-4-12-25(14-16)21(26)11-10-20-24-23-19(28-20)9-8-15-13-22-18-7-3-2-6-17(15)18/h2-3,6-7,13,16,22H,4-5,8-12,14H2,1H3. The maximum Gasteiger partial charge on any atom is 0.223 e. The highest BCUT2D eigenvalue weighted by atomic mass is 16.5. The van der Waals surface area contributed by atoms with Crippen LogP contribution in [0.3, 0.4) is 0 Å². The van der Waals surface area contributed by atoms with Crippen LogP contribution < -0.4 is 0 Å². The van der Waals surface area contributed by atoms with Gasteiger partial charge in [0.1, 0.15) is 0 Å². The third kappa shape index (κ3) is 4.25. The van der Waals surface area contributed by atoms with Gasteiger partial charge in [0.25, 0.3) is 0 Å². The zero-order chi connectivity index (χ0) is 19.3. The number of aryl methyl sites for hydroxylation is 3. The number of aromatic amines is 1. The molecular formula is C21H26N4O3. The van der Waals surface area contributed by atoms with Gasteiger partial charge in [-0.25, -0.2) is 0 Å². The van der Waals surface area contributed by atoms with Crippen molar-refractivity contribution in [1.29, 1.82) is 0 Å². The Balaban J connectivity index is 1.28. The van der Waals surface area contributed by atoms with E-state index < -0.39 is 0 Å². The second-order valence-electron chi connectivity index (χ2n) is 7.29. The summed E-state index contributed by atoms with van der Waals surface area (Å²) in [4.78, 5) is 17.6. The molecule has 7 heteroatoms. The van der Waals surface area contributed by atoms with Crippen molar-refractivity contribution in [2.24, 2.45) is 0 Å². The molecule has 28 heavy (non-hydrogen) atoms. The molecule has 1 amide bonds. The number of carbonyl (C=O) groups excluding carboxylic acids is 1. The summed E-state index contributed by atoms with van der Waals surface area (Å²) < 4.78 is 11.1. The molecule has 1 fully saturated rings. The first kappa shape index (κ1) is 18.7. The van der Waals surface area contributed by atoms with E-state index in [0.717, 1.165) is 31.3 Å². The van der Waals surface area contributed by atoms with Gasteiger partial charge in [-0.3, -0.25) is 4.79 Å². The average Bonchev–Trinajstić information content (AvgIpc) is 3.37. The van der Waals surface area contributed by atoms with Gasteiger partial charge in [0, 0.05) is 56.6 Å². The molecule has 3 heterocycles. The summed E-state index contributed by atoms with van der Waals surface area (Å²) in [6.07, 6.45) is 6.57. The van der Waals surface area contributed by atoms with Crippen molar-refractivity contribution in [3.63, 3.8) is 0 Å². The average molecular weight is 382 g/mol. The summed E-state index contributed by atoms with van der Waals surface area (Å²) in [6.45, 7) is 1.48. The number of hydrogen-bond donors (Lipinski definition) is 1. The van der Waals surface area contributed by atoms with Crippen LogP contribution in [0.5, 0.6) is 0 Å². The topological polar surface area (TPSA) is 84.2 Å². The second kappa shape index (κ2) is 8.56. The molecule has 4 rings (SSSR count). The molecule has 3 aromatic rings. The number of para-hydroxylation sites is 1. The van der Waals surface area contributed by atoms with E-state index in [4.69, 9.17) is 9.15 Å². The summed E-state index contributed by atoms with van der Waals surface area (Å²) >= 11 is 0. The lowest BCUT2D eigenvalue weighted by molar-refractivity contribution is -0.134. The minimum atomic E-state index is 0.125. The number of piperidine rings is 1. The Labute approximate surface area is 164 Å². The summed E-state index contributed by atoms with van der Waals surface area (Å²) in [6, 6.07) is 8.24. The third-order valence-corrected chi connectivity index (χ3v) is 5.41. The zero-order valence-corrected chi connectivity index (χ0v) is 16.2. The summed E-state index contributed by atoms with van der Waals surface area (Å²) in [5.41, 5.74) is 2.37. The maximum atomic E-state index is 12.4. The maximum absolute atomic E-state index is 12.4. The molecule has 0 radical (unpaired) electrons. The van der Waals surface area contributed by atoms with Gasteiger partial charge in [-0.2, -0.15) is 0 Å². The van der Waals surface area contributed by atoms with Crippen molar-refractivity contribution in [3.8, 4) is 0 Å². The number of likely N-dealkylation sites (tertiary alicyclic amines) is 1. The quantitative estimate of drug-likeness (QED) is 0.679. The van der Waals surface area contributed by atoms with Crippen molar-refractivity contribution < 1.29 is 13.9 Å². The van der Waals surface area contributed by atoms with Crippen LogP contribution >= 0.6 is 0 Å². The van der Waals surface area contributed by atoms with Crippen LogP contribution in [0.25, 0.3) is 10.9 Å². The summed E-state index contributed by atoms with van der Waals surface area (Å²) in [5, 5.41) is 9.47. The highest BCUT2D eigenvalue weighted by molar-refractivity contribution is 5.83. The molecule has 7 nitrogen and oxygen atoms in total. The first-order valence-electron chi connectivity index (χ1n) is 9.90. The number of rotatable bonds is 7. The molecule has 1 aliphatic rings. The van der Waals surface area contributed by atoms with Crippen LogP contribution in [0, 0.1) is 0 Å². The normalized spacial score (nSPS) is 17.3. The molecule has 2 aromatic heterocycles. The van der Waals surface area contributed by atoms with Crippen LogP contribution in [0.4, 0.5) is 0 Å². The van der Waals surface area contributed by atoms with E-state index in [1.54, 1.807) is 7.11 Å². The van der Waals surface area contributed by atoms with Crippen LogP contribution in [0.1, 0.15) is 36.6 Å². The van der Waals surface area contributed by atoms with E-state index in [9.17, 15) is 4.79 Å². The van der Waals surface area contributed by atoms with E-state index in [1.807, 2.05) is 23.2 Å². The molecule has 0 saturated carbocycles. The highest BCUT2D eigenvalue weighted by Crippen LogP contribution is 2.19. The molecule has 1 unspecified atom stereocenters. The van der Waals surface area contributed by atoms with E-state index in [1.165, 1.54) is 10.9 Å². The molecular weight excluding hydrogens is 356 g/mol. The predicted molar refractivity (Wildman–Crippen MR) is 105 cm³/mol. The fraction of sp³-hybridized carbons (Fsp3) is 0.476. The lowest BCUT2D eigenvalue weighted by Gasteiger charge is -2.31. The smallest absolute Gasteiger partial charge is 0.223 e. The molecule has 1 atom stereocenters. The Morgan fingerprint density at radius 2 is 2.07 bits per heavy atom. The van der Waals surface area contributed by atoms with Gasteiger partial charge < -0.3 is 19.0 Å². The van der Waals surface area contributed by atoms with Gasteiger partial charge in [0.15, 0.2) is 0 Å². The minimum absolute atomic E-state index is 0.125. The van der Waals surface area contributed by atoms with Crippen molar-refractivity contribution in [1.82, 2.24) is 20.1 Å². The number of methoxy groups -OCH3 is 1. The number of nitrogens with one attached hydrogen (secondary N) is 1. The van der Waals surface area contributed by atoms with Gasteiger partial charge in [0.05, 0.1) is 6.10 Å². The zero-order valence-electron chi connectivity index (χ0n) is 16.2. The molecule has 1 aromatic carbocycles. The molecule has 1 N–H and O–H groups in total. The van der Waals surface area contributed by atoms with Crippen molar-refractivity contribution in [3.05, 3.63) is 47.8 Å². The van der Waals surface area contributed by atoms with Crippen LogP contribution in [-0.2, 0) is 28.8 Å². The lowest BCUT2D eigenvalue weighted by atomic mass is 10.1. The van der Waals surface area contributed by atoms with Crippen molar-refractivity contribution >= 4 is 16.8 Å². The Morgan fingerprint density at radius 3 is 2.93 bits per heavy atom. The van der Waals surface area contributed by atoms with Crippen LogP contribution in [0.15, 0.2) is 34.9 Å². The van der Waals surface area contributed by atoms with Crippen molar-refractivity contribution in [2.75, 3.05) is 20.2 Å². The Bertz CT molecular complexity index is 933. The number of H-pyrrole nitrogens is 1. The molecule has 1 aliphatic heterocycles. The van der Waals surface area contributed by atoms with Gasteiger partial charge in [-0.1, -0.05) is 18.2 Å². The number of fused-ring (bicyclic) bond motifs is 1. The number of aromatic nitrogens is 3. The largest absolute Gasteiger partial charge is 0.425 e. The van der Waals surface area contributed by atoms with E-state index in [0.29, 0.717) is 37.6 Å². The van der Waals surface area contributed by atoms with Gasteiger partial charge in [-0.15, -0.1) is 10.2 Å². The Kier molecular flexibility index (Phi) is 5.71. The monoisotopic (exact) mass is 382 g/mol. The number of hydrogen-bond acceptors (Lipinski definition) is 5. The molecule has 148 valence electrons. The van der Waals surface area contributed by atoms with Gasteiger partial charge in [-0.05, 0) is 30.9 Å². The van der Waals surface area contributed by atoms with Gasteiger partial charge in [0.2, 0.25) is 17.7 Å². The summed E-state index contributed by atoms with van der Waals surface area (Å²) in [5.74, 6) is 1.27.